The average Bonchev–Trinajstić information content (AvgIpc) is 2.90. The summed E-state index contributed by atoms with van der Waals surface area (Å²) in [4.78, 5) is 0. The Labute approximate surface area is 112 Å². The van der Waals surface area contributed by atoms with Gasteiger partial charge in [-0.3, -0.25) is 0 Å². The fourth-order valence-electron chi connectivity index (χ4n) is 3.72. The standard InChI is InChI=1S/C17H27N/c1-3-10-16(18-4-2)17(13-8-9-14-17)15-11-6-5-7-12-15/h5-7,11-12,16,18H,3-4,8-10,13-14H2,1-2H3. The Balaban J connectivity index is 2.30. The third-order valence-electron chi connectivity index (χ3n) is 4.54. The number of rotatable bonds is 6. The van der Waals surface area contributed by atoms with E-state index in [2.05, 4.69) is 49.5 Å². The summed E-state index contributed by atoms with van der Waals surface area (Å²) in [5.41, 5.74) is 1.95. The van der Waals surface area contributed by atoms with E-state index >= 15 is 0 Å². The second-order valence-electron chi connectivity index (χ2n) is 5.63. The number of hydrogen-bond donors (Lipinski definition) is 1. The third kappa shape index (κ3) is 2.61. The number of benzene rings is 1. The van der Waals surface area contributed by atoms with Crippen LogP contribution in [0.25, 0.3) is 0 Å². The summed E-state index contributed by atoms with van der Waals surface area (Å²) in [6, 6.07) is 11.9. The molecule has 1 N–H and O–H groups in total. The van der Waals surface area contributed by atoms with E-state index in [1.54, 1.807) is 5.56 Å². The lowest BCUT2D eigenvalue weighted by molar-refractivity contribution is 0.283. The molecule has 1 unspecified atom stereocenters. The summed E-state index contributed by atoms with van der Waals surface area (Å²) >= 11 is 0. The van der Waals surface area contributed by atoms with Gasteiger partial charge in [0.15, 0.2) is 0 Å². The van der Waals surface area contributed by atoms with Crippen LogP contribution in [0.4, 0.5) is 0 Å². The highest BCUT2D eigenvalue weighted by molar-refractivity contribution is 5.29. The maximum Gasteiger partial charge on any atom is 0.0164 e. The largest absolute Gasteiger partial charge is 0.313 e. The molecule has 1 aliphatic rings. The van der Waals surface area contributed by atoms with E-state index in [1.165, 1.54) is 38.5 Å². The molecular formula is C17H27N. The summed E-state index contributed by atoms with van der Waals surface area (Å²) in [6.45, 7) is 5.62. The quantitative estimate of drug-likeness (QED) is 0.789. The molecule has 1 nitrogen and oxygen atoms in total. The minimum atomic E-state index is 0.396. The predicted octanol–water partition coefficient (Wildman–Crippen LogP) is 4.28. The summed E-state index contributed by atoms with van der Waals surface area (Å²) in [5, 5.41) is 3.76. The average molecular weight is 245 g/mol. The van der Waals surface area contributed by atoms with Crippen LogP contribution in [0.5, 0.6) is 0 Å². The zero-order chi connectivity index (χ0) is 12.8. The fourth-order valence-corrected chi connectivity index (χ4v) is 3.72. The molecule has 0 amide bonds. The fraction of sp³-hybridized carbons (Fsp3) is 0.647. The molecule has 0 heterocycles. The molecule has 0 aromatic heterocycles. The highest BCUT2D eigenvalue weighted by Crippen LogP contribution is 2.44. The Bertz CT molecular complexity index is 332. The maximum absolute atomic E-state index is 3.76. The van der Waals surface area contributed by atoms with Crippen molar-refractivity contribution < 1.29 is 0 Å². The lowest BCUT2D eigenvalue weighted by atomic mass is 9.71. The molecule has 18 heavy (non-hydrogen) atoms. The van der Waals surface area contributed by atoms with Gasteiger partial charge in [-0.1, -0.05) is 63.4 Å². The van der Waals surface area contributed by atoms with E-state index in [0.717, 1.165) is 6.54 Å². The molecule has 0 saturated heterocycles. The Morgan fingerprint density at radius 1 is 1.11 bits per heavy atom. The van der Waals surface area contributed by atoms with Gasteiger partial charge >= 0.3 is 0 Å². The van der Waals surface area contributed by atoms with Crippen LogP contribution in [0, 0.1) is 0 Å². The van der Waals surface area contributed by atoms with Gasteiger partial charge in [0, 0.05) is 11.5 Å². The van der Waals surface area contributed by atoms with Crippen LogP contribution in [0.15, 0.2) is 30.3 Å². The van der Waals surface area contributed by atoms with Crippen molar-refractivity contribution in [3.05, 3.63) is 35.9 Å². The SMILES string of the molecule is CCCC(NCC)C1(c2ccccc2)CCCC1. The molecule has 1 fully saturated rings. The van der Waals surface area contributed by atoms with Crippen LogP contribution >= 0.6 is 0 Å². The van der Waals surface area contributed by atoms with Crippen molar-refractivity contribution in [2.24, 2.45) is 0 Å². The topological polar surface area (TPSA) is 12.0 Å². The first-order chi connectivity index (χ1) is 8.83. The highest BCUT2D eigenvalue weighted by Gasteiger charge is 2.41. The molecule has 0 bridgehead atoms. The van der Waals surface area contributed by atoms with Gasteiger partial charge in [-0.15, -0.1) is 0 Å². The van der Waals surface area contributed by atoms with E-state index in [1.807, 2.05) is 0 Å². The monoisotopic (exact) mass is 245 g/mol. The minimum Gasteiger partial charge on any atom is -0.313 e. The first kappa shape index (κ1) is 13.6. The molecule has 1 aromatic rings. The molecule has 1 aromatic carbocycles. The Kier molecular flexibility index (Phi) is 4.82. The van der Waals surface area contributed by atoms with E-state index in [9.17, 15) is 0 Å². The van der Waals surface area contributed by atoms with Crippen LogP contribution in [-0.4, -0.2) is 12.6 Å². The van der Waals surface area contributed by atoms with Crippen LogP contribution in [0.3, 0.4) is 0 Å². The summed E-state index contributed by atoms with van der Waals surface area (Å²) in [5.74, 6) is 0. The summed E-state index contributed by atoms with van der Waals surface area (Å²) in [7, 11) is 0. The van der Waals surface area contributed by atoms with Crippen LogP contribution < -0.4 is 5.32 Å². The second-order valence-corrected chi connectivity index (χ2v) is 5.63. The van der Waals surface area contributed by atoms with Crippen molar-refractivity contribution in [3.8, 4) is 0 Å². The van der Waals surface area contributed by atoms with Crippen molar-refractivity contribution in [2.75, 3.05) is 6.54 Å². The molecule has 0 radical (unpaired) electrons. The van der Waals surface area contributed by atoms with E-state index < -0.39 is 0 Å². The molecular weight excluding hydrogens is 218 g/mol. The molecule has 1 saturated carbocycles. The van der Waals surface area contributed by atoms with Crippen molar-refractivity contribution in [1.29, 1.82) is 0 Å². The van der Waals surface area contributed by atoms with Gasteiger partial charge in [-0.2, -0.15) is 0 Å². The van der Waals surface area contributed by atoms with E-state index in [0.29, 0.717) is 11.5 Å². The highest BCUT2D eigenvalue weighted by atomic mass is 14.9. The molecule has 1 heteroatoms. The predicted molar refractivity (Wildman–Crippen MR) is 79.0 cm³/mol. The summed E-state index contributed by atoms with van der Waals surface area (Å²) in [6.07, 6.45) is 8.05. The van der Waals surface area contributed by atoms with Crippen molar-refractivity contribution in [1.82, 2.24) is 5.32 Å². The first-order valence-electron chi connectivity index (χ1n) is 7.62. The van der Waals surface area contributed by atoms with Crippen molar-refractivity contribution in [2.45, 2.75) is 63.8 Å². The second kappa shape index (κ2) is 6.38. The summed E-state index contributed by atoms with van der Waals surface area (Å²) < 4.78 is 0. The van der Waals surface area contributed by atoms with Crippen molar-refractivity contribution >= 4 is 0 Å². The van der Waals surface area contributed by atoms with Gasteiger partial charge in [0.25, 0.3) is 0 Å². The molecule has 2 rings (SSSR count). The van der Waals surface area contributed by atoms with Gasteiger partial charge in [-0.25, -0.2) is 0 Å². The lowest BCUT2D eigenvalue weighted by Crippen LogP contribution is -2.46. The Morgan fingerprint density at radius 2 is 1.78 bits per heavy atom. The zero-order valence-electron chi connectivity index (χ0n) is 11.9. The van der Waals surface area contributed by atoms with E-state index in [4.69, 9.17) is 0 Å². The first-order valence-corrected chi connectivity index (χ1v) is 7.62. The van der Waals surface area contributed by atoms with Gasteiger partial charge in [0.2, 0.25) is 0 Å². The molecule has 0 spiro atoms. The van der Waals surface area contributed by atoms with Gasteiger partial charge in [-0.05, 0) is 31.4 Å². The minimum absolute atomic E-state index is 0.396. The number of nitrogens with one attached hydrogen (secondary N) is 1. The molecule has 100 valence electrons. The van der Waals surface area contributed by atoms with Crippen LogP contribution in [0.1, 0.15) is 57.9 Å². The van der Waals surface area contributed by atoms with Crippen LogP contribution in [-0.2, 0) is 5.41 Å². The van der Waals surface area contributed by atoms with Gasteiger partial charge in [0.05, 0.1) is 0 Å². The van der Waals surface area contributed by atoms with Gasteiger partial charge < -0.3 is 5.32 Å². The third-order valence-corrected chi connectivity index (χ3v) is 4.54. The zero-order valence-corrected chi connectivity index (χ0v) is 11.9. The Hall–Kier alpha value is -0.820. The molecule has 1 aliphatic carbocycles. The lowest BCUT2D eigenvalue weighted by Gasteiger charge is -2.39. The maximum atomic E-state index is 3.76. The van der Waals surface area contributed by atoms with Crippen molar-refractivity contribution in [3.63, 3.8) is 0 Å². The normalized spacial score (nSPS) is 19.9. The number of hydrogen-bond acceptors (Lipinski definition) is 1. The smallest absolute Gasteiger partial charge is 0.0164 e. The molecule has 1 atom stereocenters. The van der Waals surface area contributed by atoms with Gasteiger partial charge in [0.1, 0.15) is 0 Å². The molecule has 0 aliphatic heterocycles. The van der Waals surface area contributed by atoms with E-state index in [-0.39, 0.29) is 0 Å². The van der Waals surface area contributed by atoms with Crippen LogP contribution in [0.2, 0.25) is 0 Å². The number of likely N-dealkylation sites (N-methyl/N-ethyl adjacent to an activating group) is 1. The Morgan fingerprint density at radius 3 is 2.33 bits per heavy atom.